The molecule has 0 atom stereocenters. The van der Waals surface area contributed by atoms with E-state index in [2.05, 4.69) is 34.5 Å². The number of carbonyl (C=O) groups is 1. The van der Waals surface area contributed by atoms with Crippen LogP contribution in [0, 0.1) is 0 Å². The highest BCUT2D eigenvalue weighted by Crippen LogP contribution is 2.18. The van der Waals surface area contributed by atoms with Gasteiger partial charge in [0.05, 0.1) is 7.11 Å². The molecule has 126 valence electrons. The van der Waals surface area contributed by atoms with Gasteiger partial charge in [0, 0.05) is 32.6 Å². The summed E-state index contributed by atoms with van der Waals surface area (Å²) < 4.78 is 5.13. The Bertz CT molecular complexity index is 682. The van der Waals surface area contributed by atoms with E-state index < -0.39 is 0 Å². The van der Waals surface area contributed by atoms with Crippen molar-refractivity contribution in [2.24, 2.45) is 0 Å². The number of rotatable bonds is 6. The molecule has 0 bridgehead atoms. The predicted molar refractivity (Wildman–Crippen MR) is 94.9 cm³/mol. The van der Waals surface area contributed by atoms with Crippen LogP contribution in [0.15, 0.2) is 48.5 Å². The lowest BCUT2D eigenvalue weighted by molar-refractivity contribution is -0.121. The van der Waals surface area contributed by atoms with Gasteiger partial charge >= 0.3 is 0 Å². The maximum atomic E-state index is 12.1. The van der Waals surface area contributed by atoms with Gasteiger partial charge < -0.3 is 10.1 Å². The molecule has 2 aromatic rings. The molecule has 0 aromatic heterocycles. The molecular formula is C20H24N2O2. The van der Waals surface area contributed by atoms with Crippen LogP contribution in [-0.2, 0) is 24.3 Å². The van der Waals surface area contributed by atoms with E-state index in [0.29, 0.717) is 13.0 Å². The quantitative estimate of drug-likeness (QED) is 0.888. The van der Waals surface area contributed by atoms with E-state index in [-0.39, 0.29) is 5.91 Å². The van der Waals surface area contributed by atoms with Crippen LogP contribution >= 0.6 is 0 Å². The molecule has 24 heavy (non-hydrogen) atoms. The zero-order valence-electron chi connectivity index (χ0n) is 14.1. The third-order valence-electron chi connectivity index (χ3n) is 4.51. The van der Waals surface area contributed by atoms with Gasteiger partial charge in [-0.1, -0.05) is 36.4 Å². The number of nitrogens with zero attached hydrogens (tertiary/aromatic N) is 1. The molecule has 0 aliphatic carbocycles. The fourth-order valence-electron chi connectivity index (χ4n) is 3.04. The molecule has 0 saturated heterocycles. The van der Waals surface area contributed by atoms with E-state index in [1.165, 1.54) is 11.1 Å². The van der Waals surface area contributed by atoms with Crippen molar-refractivity contribution in [1.82, 2.24) is 10.2 Å². The minimum absolute atomic E-state index is 0.102. The number of ether oxygens (including phenoxy) is 1. The molecule has 1 aliphatic heterocycles. The van der Waals surface area contributed by atoms with Crippen molar-refractivity contribution in [1.29, 1.82) is 0 Å². The van der Waals surface area contributed by atoms with Gasteiger partial charge in [-0.2, -0.15) is 0 Å². The number of hydrogen-bond donors (Lipinski definition) is 1. The highest BCUT2D eigenvalue weighted by atomic mass is 16.5. The molecule has 0 radical (unpaired) electrons. The number of methoxy groups -OCH3 is 1. The molecule has 1 heterocycles. The van der Waals surface area contributed by atoms with Crippen LogP contribution in [0.3, 0.4) is 0 Å². The molecule has 0 saturated carbocycles. The van der Waals surface area contributed by atoms with Crippen LogP contribution in [0.5, 0.6) is 5.75 Å². The smallest absolute Gasteiger partial charge is 0.221 e. The Kier molecular flexibility index (Phi) is 5.49. The molecule has 4 nitrogen and oxygen atoms in total. The summed E-state index contributed by atoms with van der Waals surface area (Å²) in [5.74, 6) is 0.931. The average Bonchev–Trinajstić information content (AvgIpc) is 2.65. The van der Waals surface area contributed by atoms with Gasteiger partial charge in [0.2, 0.25) is 5.91 Å². The first-order chi connectivity index (χ1) is 11.7. The first-order valence-electron chi connectivity index (χ1n) is 8.43. The van der Waals surface area contributed by atoms with Gasteiger partial charge in [-0.15, -0.1) is 0 Å². The molecule has 0 fully saturated rings. The Morgan fingerprint density at radius 1 is 1.12 bits per heavy atom. The summed E-state index contributed by atoms with van der Waals surface area (Å²) in [7, 11) is 1.65. The number of hydrogen-bond acceptors (Lipinski definition) is 3. The second-order valence-corrected chi connectivity index (χ2v) is 6.17. The molecule has 3 rings (SSSR count). The normalized spacial score (nSPS) is 14.0. The maximum Gasteiger partial charge on any atom is 0.221 e. The number of amides is 1. The summed E-state index contributed by atoms with van der Waals surface area (Å²) in [6.07, 6.45) is 1.61. The first-order valence-corrected chi connectivity index (χ1v) is 8.43. The van der Waals surface area contributed by atoms with Crippen molar-refractivity contribution in [2.45, 2.75) is 25.9 Å². The van der Waals surface area contributed by atoms with Gasteiger partial charge in [0.25, 0.3) is 0 Å². The molecule has 2 aromatic carbocycles. The van der Waals surface area contributed by atoms with Crippen molar-refractivity contribution in [3.8, 4) is 5.75 Å². The highest BCUT2D eigenvalue weighted by molar-refractivity contribution is 5.76. The Morgan fingerprint density at radius 3 is 2.62 bits per heavy atom. The van der Waals surface area contributed by atoms with Crippen molar-refractivity contribution >= 4 is 5.91 Å². The summed E-state index contributed by atoms with van der Waals surface area (Å²) in [6, 6.07) is 16.3. The van der Waals surface area contributed by atoms with E-state index in [9.17, 15) is 4.79 Å². The largest absolute Gasteiger partial charge is 0.497 e. The zero-order valence-corrected chi connectivity index (χ0v) is 14.1. The maximum absolute atomic E-state index is 12.1. The fraction of sp³-hybridized carbons (Fsp3) is 0.350. The van der Waals surface area contributed by atoms with Gasteiger partial charge in [-0.3, -0.25) is 9.69 Å². The Hall–Kier alpha value is -2.33. The fourth-order valence-corrected chi connectivity index (χ4v) is 3.04. The topological polar surface area (TPSA) is 41.6 Å². The first kappa shape index (κ1) is 16.5. The molecular weight excluding hydrogens is 300 g/mol. The SMILES string of the molecule is COc1ccc(CNC(=O)CCN2CCc3ccccc3C2)cc1. The minimum atomic E-state index is 0.102. The van der Waals surface area contributed by atoms with Crippen LogP contribution in [0.25, 0.3) is 0 Å². The van der Waals surface area contributed by atoms with E-state index in [4.69, 9.17) is 4.74 Å². The van der Waals surface area contributed by atoms with Crippen molar-refractivity contribution in [3.63, 3.8) is 0 Å². The standard InChI is InChI=1S/C20H24N2O2/c1-24-19-8-6-16(7-9-19)14-21-20(23)11-13-22-12-10-17-4-2-3-5-18(17)15-22/h2-9H,10-15H2,1H3,(H,21,23). The third kappa shape index (κ3) is 4.36. The molecule has 1 aliphatic rings. The van der Waals surface area contributed by atoms with E-state index in [0.717, 1.165) is 37.4 Å². The van der Waals surface area contributed by atoms with Gasteiger partial charge in [-0.25, -0.2) is 0 Å². The molecule has 1 amide bonds. The van der Waals surface area contributed by atoms with Crippen molar-refractivity contribution in [2.75, 3.05) is 20.2 Å². The monoisotopic (exact) mass is 324 g/mol. The third-order valence-corrected chi connectivity index (χ3v) is 4.51. The minimum Gasteiger partial charge on any atom is -0.497 e. The molecule has 4 heteroatoms. The van der Waals surface area contributed by atoms with Gasteiger partial charge in [0.15, 0.2) is 0 Å². The van der Waals surface area contributed by atoms with Crippen LogP contribution in [-0.4, -0.2) is 31.0 Å². The molecule has 0 unspecified atom stereocenters. The summed E-state index contributed by atoms with van der Waals surface area (Å²) in [5, 5.41) is 2.99. The summed E-state index contributed by atoms with van der Waals surface area (Å²) >= 11 is 0. The number of fused-ring (bicyclic) bond motifs is 1. The summed E-state index contributed by atoms with van der Waals surface area (Å²) in [6.45, 7) is 3.35. The summed E-state index contributed by atoms with van der Waals surface area (Å²) in [5.41, 5.74) is 3.91. The van der Waals surface area contributed by atoms with Crippen LogP contribution in [0.2, 0.25) is 0 Å². The Labute approximate surface area is 143 Å². The Balaban J connectivity index is 1.41. The lowest BCUT2D eigenvalue weighted by atomic mass is 10.00. The molecule has 1 N–H and O–H groups in total. The van der Waals surface area contributed by atoms with Gasteiger partial charge in [0.1, 0.15) is 5.75 Å². The van der Waals surface area contributed by atoms with Crippen molar-refractivity contribution < 1.29 is 9.53 Å². The second-order valence-electron chi connectivity index (χ2n) is 6.17. The lowest BCUT2D eigenvalue weighted by Crippen LogP contribution is -2.34. The van der Waals surface area contributed by atoms with E-state index in [1.807, 2.05) is 24.3 Å². The zero-order chi connectivity index (χ0) is 16.8. The summed E-state index contributed by atoms with van der Waals surface area (Å²) in [4.78, 5) is 14.4. The van der Waals surface area contributed by atoms with E-state index >= 15 is 0 Å². The Morgan fingerprint density at radius 2 is 1.88 bits per heavy atom. The van der Waals surface area contributed by atoms with Gasteiger partial charge in [-0.05, 0) is 35.2 Å². The van der Waals surface area contributed by atoms with Crippen LogP contribution in [0.1, 0.15) is 23.1 Å². The van der Waals surface area contributed by atoms with Crippen molar-refractivity contribution in [3.05, 3.63) is 65.2 Å². The van der Waals surface area contributed by atoms with Crippen LogP contribution in [0.4, 0.5) is 0 Å². The highest BCUT2D eigenvalue weighted by Gasteiger charge is 2.16. The molecule has 0 spiro atoms. The van der Waals surface area contributed by atoms with Crippen LogP contribution < -0.4 is 10.1 Å². The predicted octanol–water partition coefficient (Wildman–Crippen LogP) is 2.76. The average molecular weight is 324 g/mol. The number of nitrogens with one attached hydrogen (secondary N) is 1. The second kappa shape index (κ2) is 7.97. The number of carbonyl (C=O) groups excluding carboxylic acids is 1. The number of benzene rings is 2. The van der Waals surface area contributed by atoms with E-state index in [1.54, 1.807) is 7.11 Å². The lowest BCUT2D eigenvalue weighted by Gasteiger charge is -2.28.